The minimum absolute atomic E-state index is 0.393. The van der Waals surface area contributed by atoms with Crippen molar-refractivity contribution in [1.29, 1.82) is 0 Å². The summed E-state index contributed by atoms with van der Waals surface area (Å²) in [5.74, 6) is 0. The van der Waals surface area contributed by atoms with Gasteiger partial charge in [-0.15, -0.1) is 0 Å². The molecule has 0 nitrogen and oxygen atoms in total. The summed E-state index contributed by atoms with van der Waals surface area (Å²) in [5.41, 5.74) is 5.54. The Morgan fingerprint density at radius 2 is 1.67 bits per heavy atom. The molecule has 0 aliphatic carbocycles. The molecule has 2 aromatic carbocycles. The zero-order valence-corrected chi connectivity index (χ0v) is 12.6. The van der Waals surface area contributed by atoms with Gasteiger partial charge in [0, 0.05) is 4.83 Å². The maximum absolute atomic E-state index is 3.80. The lowest BCUT2D eigenvalue weighted by Crippen LogP contribution is -1.97. The van der Waals surface area contributed by atoms with Crippen molar-refractivity contribution in [2.75, 3.05) is 0 Å². The molecule has 0 amide bonds. The predicted molar refractivity (Wildman–Crippen MR) is 82.4 cm³/mol. The van der Waals surface area contributed by atoms with E-state index in [4.69, 9.17) is 0 Å². The molecule has 0 aliphatic heterocycles. The number of benzene rings is 2. The van der Waals surface area contributed by atoms with Gasteiger partial charge in [0.1, 0.15) is 0 Å². The molecule has 0 spiro atoms. The highest BCUT2D eigenvalue weighted by molar-refractivity contribution is 9.09. The van der Waals surface area contributed by atoms with Gasteiger partial charge in [0.25, 0.3) is 0 Å². The number of rotatable bonds is 4. The Balaban J connectivity index is 2.11. The van der Waals surface area contributed by atoms with Crippen molar-refractivity contribution in [2.45, 2.75) is 31.5 Å². The first-order chi connectivity index (χ1) is 8.70. The van der Waals surface area contributed by atoms with Crippen LogP contribution in [-0.4, -0.2) is 0 Å². The third kappa shape index (κ3) is 3.23. The Kier molecular flexibility index (Phi) is 4.60. The third-order valence-electron chi connectivity index (χ3n) is 3.41. The van der Waals surface area contributed by atoms with E-state index in [1.165, 1.54) is 22.3 Å². The molecule has 0 heterocycles. The van der Waals surface area contributed by atoms with Crippen LogP contribution in [0.4, 0.5) is 0 Å². The quantitative estimate of drug-likeness (QED) is 0.678. The molecule has 0 radical (unpaired) electrons. The lowest BCUT2D eigenvalue weighted by molar-refractivity contribution is 0.936. The first-order valence-corrected chi connectivity index (χ1v) is 7.39. The van der Waals surface area contributed by atoms with Crippen LogP contribution in [0.3, 0.4) is 0 Å². The minimum atomic E-state index is 0.393. The highest BCUT2D eigenvalue weighted by Gasteiger charge is 2.09. The second kappa shape index (κ2) is 6.19. The van der Waals surface area contributed by atoms with E-state index in [9.17, 15) is 0 Å². The van der Waals surface area contributed by atoms with Gasteiger partial charge in [-0.2, -0.15) is 0 Å². The van der Waals surface area contributed by atoms with Gasteiger partial charge in [-0.05, 0) is 42.0 Å². The van der Waals surface area contributed by atoms with Gasteiger partial charge in [0.05, 0.1) is 0 Å². The van der Waals surface area contributed by atoms with Gasteiger partial charge in [0.15, 0.2) is 0 Å². The molecule has 0 saturated heterocycles. The summed E-state index contributed by atoms with van der Waals surface area (Å²) in [7, 11) is 0. The fraction of sp³-hybridized carbons (Fsp3) is 0.294. The Bertz CT molecular complexity index is 499. The Morgan fingerprint density at radius 3 is 2.28 bits per heavy atom. The van der Waals surface area contributed by atoms with E-state index in [-0.39, 0.29) is 0 Å². The monoisotopic (exact) mass is 302 g/mol. The van der Waals surface area contributed by atoms with Gasteiger partial charge < -0.3 is 0 Å². The van der Waals surface area contributed by atoms with Crippen LogP contribution in [0.2, 0.25) is 0 Å². The van der Waals surface area contributed by atoms with Crippen LogP contribution in [0.1, 0.15) is 34.0 Å². The molecule has 1 unspecified atom stereocenters. The lowest BCUT2D eigenvalue weighted by atomic mass is 9.99. The predicted octanol–water partition coefficient (Wildman–Crippen LogP) is 5.24. The van der Waals surface area contributed by atoms with E-state index < -0.39 is 0 Å². The number of alkyl halides is 1. The molecule has 0 aromatic heterocycles. The number of hydrogen-bond acceptors (Lipinski definition) is 0. The maximum atomic E-state index is 3.80. The van der Waals surface area contributed by atoms with Crippen LogP contribution >= 0.6 is 15.9 Å². The molecule has 2 aromatic rings. The third-order valence-corrected chi connectivity index (χ3v) is 4.26. The van der Waals surface area contributed by atoms with Crippen LogP contribution in [0, 0.1) is 6.92 Å². The maximum Gasteiger partial charge on any atom is 0.0435 e. The number of halogens is 1. The largest absolute Gasteiger partial charge is 0.0835 e. The summed E-state index contributed by atoms with van der Waals surface area (Å²) in [5, 5.41) is 0. The summed E-state index contributed by atoms with van der Waals surface area (Å²) < 4.78 is 0. The van der Waals surface area contributed by atoms with E-state index in [0.717, 1.165) is 12.8 Å². The molecule has 0 aliphatic rings. The zero-order valence-electron chi connectivity index (χ0n) is 11.0. The van der Waals surface area contributed by atoms with Crippen molar-refractivity contribution >= 4 is 15.9 Å². The number of aryl methyl sites for hydroxylation is 2. The van der Waals surface area contributed by atoms with Crippen molar-refractivity contribution in [2.24, 2.45) is 0 Å². The van der Waals surface area contributed by atoms with Crippen LogP contribution in [-0.2, 0) is 12.8 Å². The van der Waals surface area contributed by atoms with Crippen LogP contribution in [0.5, 0.6) is 0 Å². The Labute approximate surface area is 118 Å². The van der Waals surface area contributed by atoms with Gasteiger partial charge in [-0.3, -0.25) is 0 Å². The first kappa shape index (κ1) is 13.4. The average molecular weight is 303 g/mol. The normalized spacial score (nSPS) is 12.4. The fourth-order valence-electron chi connectivity index (χ4n) is 2.11. The van der Waals surface area contributed by atoms with E-state index in [2.05, 4.69) is 78.3 Å². The highest BCUT2D eigenvalue weighted by Crippen LogP contribution is 2.28. The average Bonchev–Trinajstić information content (AvgIpc) is 2.41. The van der Waals surface area contributed by atoms with Crippen molar-refractivity contribution in [3.63, 3.8) is 0 Å². The summed E-state index contributed by atoms with van der Waals surface area (Å²) in [6.45, 7) is 4.36. The highest BCUT2D eigenvalue weighted by atomic mass is 79.9. The molecular formula is C17H19Br. The SMILES string of the molecule is CCc1ccc(C(Br)Cc2ccccc2C)cc1. The summed E-state index contributed by atoms with van der Waals surface area (Å²) in [6.07, 6.45) is 2.14. The van der Waals surface area contributed by atoms with Crippen molar-refractivity contribution in [1.82, 2.24) is 0 Å². The van der Waals surface area contributed by atoms with E-state index in [1.54, 1.807) is 0 Å². The van der Waals surface area contributed by atoms with Crippen molar-refractivity contribution in [3.05, 3.63) is 70.8 Å². The summed E-state index contributed by atoms with van der Waals surface area (Å²) in [4.78, 5) is 0.393. The topological polar surface area (TPSA) is 0 Å². The van der Waals surface area contributed by atoms with Gasteiger partial charge in [-0.1, -0.05) is 71.4 Å². The Hall–Kier alpha value is -1.08. The fourth-order valence-corrected chi connectivity index (χ4v) is 2.77. The lowest BCUT2D eigenvalue weighted by Gasteiger charge is -2.12. The smallest absolute Gasteiger partial charge is 0.0435 e. The Morgan fingerprint density at radius 1 is 1.00 bits per heavy atom. The zero-order chi connectivity index (χ0) is 13.0. The molecule has 1 atom stereocenters. The molecule has 0 saturated carbocycles. The number of hydrogen-bond donors (Lipinski definition) is 0. The van der Waals surface area contributed by atoms with Crippen LogP contribution in [0.15, 0.2) is 48.5 Å². The van der Waals surface area contributed by atoms with Gasteiger partial charge in [0.2, 0.25) is 0 Å². The van der Waals surface area contributed by atoms with Crippen molar-refractivity contribution in [3.8, 4) is 0 Å². The first-order valence-electron chi connectivity index (χ1n) is 6.48. The molecule has 0 fully saturated rings. The van der Waals surface area contributed by atoms with Gasteiger partial charge >= 0.3 is 0 Å². The second-order valence-electron chi connectivity index (χ2n) is 4.69. The molecule has 2 rings (SSSR count). The van der Waals surface area contributed by atoms with Crippen molar-refractivity contribution < 1.29 is 0 Å². The summed E-state index contributed by atoms with van der Waals surface area (Å²) in [6, 6.07) is 17.5. The van der Waals surface area contributed by atoms with Gasteiger partial charge in [-0.25, -0.2) is 0 Å². The van der Waals surface area contributed by atoms with E-state index in [1.807, 2.05) is 0 Å². The molecule has 1 heteroatoms. The summed E-state index contributed by atoms with van der Waals surface area (Å²) >= 11 is 3.80. The molecule has 94 valence electrons. The molecule has 0 bridgehead atoms. The van der Waals surface area contributed by atoms with Crippen LogP contribution < -0.4 is 0 Å². The molecular weight excluding hydrogens is 284 g/mol. The molecule has 18 heavy (non-hydrogen) atoms. The van der Waals surface area contributed by atoms with E-state index >= 15 is 0 Å². The van der Waals surface area contributed by atoms with E-state index in [0.29, 0.717) is 4.83 Å². The minimum Gasteiger partial charge on any atom is -0.0835 e. The standard InChI is InChI=1S/C17H19Br/c1-3-14-8-10-15(11-9-14)17(18)12-16-7-5-4-6-13(16)2/h4-11,17H,3,12H2,1-2H3. The molecule has 0 N–H and O–H groups in total. The van der Waals surface area contributed by atoms with Crippen LogP contribution in [0.25, 0.3) is 0 Å². The second-order valence-corrected chi connectivity index (χ2v) is 5.80.